The third-order valence-electron chi connectivity index (χ3n) is 0.524. The minimum absolute atomic E-state index is 0.100. The average molecular weight is 165 g/mol. The SMILES string of the molecule is C#CC(O)([SiH3])O[P+](=O)O. The summed E-state index contributed by atoms with van der Waals surface area (Å²) in [7, 11) is -2.70. The number of hydrogen-bond acceptors (Lipinski definition) is 3. The summed E-state index contributed by atoms with van der Waals surface area (Å²) in [4.78, 5) is 8.07. The molecule has 6 heteroatoms. The Bertz CT molecular complexity index is 160. The van der Waals surface area contributed by atoms with Gasteiger partial charge in [-0.25, -0.2) is 0 Å². The van der Waals surface area contributed by atoms with Crippen LogP contribution < -0.4 is 0 Å². The van der Waals surface area contributed by atoms with Crippen LogP contribution in [0.25, 0.3) is 0 Å². The molecule has 0 aromatic rings. The molecule has 0 radical (unpaired) electrons. The van der Waals surface area contributed by atoms with Gasteiger partial charge in [-0.2, -0.15) is 0 Å². The molecule has 2 unspecified atom stereocenters. The second-order valence-electron chi connectivity index (χ2n) is 1.46. The van der Waals surface area contributed by atoms with Crippen LogP contribution in [0.15, 0.2) is 0 Å². The lowest BCUT2D eigenvalue weighted by Crippen LogP contribution is -2.27. The Morgan fingerprint density at radius 1 is 1.89 bits per heavy atom. The second-order valence-corrected chi connectivity index (χ2v) is 3.47. The average Bonchev–Trinajstić information content (AvgIpc) is 1.63. The Balaban J connectivity index is 3.91. The molecule has 9 heavy (non-hydrogen) atoms. The largest absolute Gasteiger partial charge is 0.698 e. The highest BCUT2D eigenvalue weighted by molar-refractivity contribution is 7.32. The highest BCUT2D eigenvalue weighted by atomic mass is 31.1. The summed E-state index contributed by atoms with van der Waals surface area (Å²) in [6.07, 6.45) is 4.72. The molecule has 0 aliphatic rings. The summed E-state index contributed by atoms with van der Waals surface area (Å²) < 4.78 is 13.9. The number of aliphatic hydroxyl groups is 1. The van der Waals surface area contributed by atoms with E-state index in [1.54, 1.807) is 0 Å². The molecule has 0 saturated heterocycles. The van der Waals surface area contributed by atoms with Crippen LogP contribution in [0.4, 0.5) is 0 Å². The van der Waals surface area contributed by atoms with E-state index in [4.69, 9.17) is 16.4 Å². The third kappa shape index (κ3) is 4.27. The lowest BCUT2D eigenvalue weighted by Gasteiger charge is -2.04. The lowest BCUT2D eigenvalue weighted by molar-refractivity contribution is -0.0112. The first kappa shape index (κ1) is 8.76. The van der Waals surface area contributed by atoms with Gasteiger partial charge in [-0.15, -0.1) is 11.3 Å². The summed E-state index contributed by atoms with van der Waals surface area (Å²) in [6, 6.07) is 0. The molecule has 0 aliphatic carbocycles. The van der Waals surface area contributed by atoms with Gasteiger partial charge in [-0.1, -0.05) is 4.52 Å². The highest BCUT2D eigenvalue weighted by Gasteiger charge is 2.30. The van der Waals surface area contributed by atoms with Gasteiger partial charge in [0.05, 0.1) is 0 Å². The Kier molecular flexibility index (Phi) is 2.98. The molecule has 2 atom stereocenters. The maximum Gasteiger partial charge on any atom is 0.698 e. The maximum atomic E-state index is 9.87. The van der Waals surface area contributed by atoms with Crippen LogP contribution in [0.1, 0.15) is 0 Å². The fraction of sp³-hybridized carbons (Fsp3) is 0.333. The van der Waals surface area contributed by atoms with E-state index < -0.39 is 13.7 Å². The molecule has 0 amide bonds. The molecule has 0 aromatic heterocycles. The standard InChI is InChI=1S/C3H5O4PSi/c1-2-3(4,9)7-8(5)6/h1,4H,9H3/p+1. The van der Waals surface area contributed by atoms with Gasteiger partial charge in [0.25, 0.3) is 5.41 Å². The Hall–Kier alpha value is -0.243. The fourth-order valence-corrected chi connectivity index (χ4v) is 1.00. The monoisotopic (exact) mass is 165 g/mol. The van der Waals surface area contributed by atoms with E-state index in [1.165, 1.54) is 0 Å². The van der Waals surface area contributed by atoms with Crippen LogP contribution in [0.3, 0.4) is 0 Å². The molecule has 0 aliphatic heterocycles. The smallest absolute Gasteiger partial charge is 0.357 e. The molecule has 0 saturated carbocycles. The van der Waals surface area contributed by atoms with E-state index in [-0.39, 0.29) is 10.2 Å². The van der Waals surface area contributed by atoms with Crippen LogP contribution in [-0.4, -0.2) is 25.7 Å². The van der Waals surface area contributed by atoms with Crippen molar-refractivity contribution in [2.75, 3.05) is 0 Å². The predicted octanol–water partition coefficient (Wildman–Crippen LogP) is -1.70. The molecular weight excluding hydrogens is 159 g/mol. The van der Waals surface area contributed by atoms with Crippen molar-refractivity contribution >= 4 is 18.5 Å². The van der Waals surface area contributed by atoms with E-state index in [0.29, 0.717) is 0 Å². The van der Waals surface area contributed by atoms with E-state index in [2.05, 4.69) is 4.52 Å². The van der Waals surface area contributed by atoms with Crippen molar-refractivity contribution < 1.29 is 19.1 Å². The first-order chi connectivity index (χ1) is 3.98. The Morgan fingerprint density at radius 3 is 2.44 bits per heavy atom. The fourth-order valence-electron chi connectivity index (χ4n) is 0.178. The zero-order valence-corrected chi connectivity index (χ0v) is 7.63. The molecule has 0 heterocycles. The molecule has 50 valence electrons. The Labute approximate surface area is 56.2 Å². The predicted molar refractivity (Wildman–Crippen MR) is 34.6 cm³/mol. The first-order valence-corrected chi connectivity index (χ1v) is 4.16. The molecule has 0 rings (SSSR count). The van der Waals surface area contributed by atoms with Gasteiger partial charge in [0.15, 0.2) is 0 Å². The molecule has 0 fully saturated rings. The normalized spacial score (nSPS) is 18.1. The van der Waals surface area contributed by atoms with Crippen molar-refractivity contribution in [3.63, 3.8) is 0 Å². The van der Waals surface area contributed by atoms with Crippen molar-refractivity contribution in [2.45, 2.75) is 5.41 Å². The van der Waals surface area contributed by atoms with E-state index in [0.717, 1.165) is 0 Å². The van der Waals surface area contributed by atoms with Crippen molar-refractivity contribution in [3.8, 4) is 12.3 Å². The van der Waals surface area contributed by atoms with Crippen LogP contribution in [0.5, 0.6) is 0 Å². The van der Waals surface area contributed by atoms with Gasteiger partial charge < -0.3 is 5.11 Å². The summed E-state index contributed by atoms with van der Waals surface area (Å²) in [6.45, 7) is 0. The molecular formula is C3H6O4PSi+. The van der Waals surface area contributed by atoms with Crippen LogP contribution in [0.2, 0.25) is 0 Å². The van der Waals surface area contributed by atoms with Crippen molar-refractivity contribution in [2.24, 2.45) is 0 Å². The quantitative estimate of drug-likeness (QED) is 0.221. The van der Waals surface area contributed by atoms with E-state index in [9.17, 15) is 4.57 Å². The number of terminal acetylenes is 1. The van der Waals surface area contributed by atoms with Gasteiger partial charge in [0.2, 0.25) is 0 Å². The Morgan fingerprint density at radius 2 is 2.33 bits per heavy atom. The van der Waals surface area contributed by atoms with Gasteiger partial charge in [-0.3, -0.25) is 0 Å². The number of rotatable bonds is 2. The van der Waals surface area contributed by atoms with Gasteiger partial charge >= 0.3 is 8.25 Å². The molecule has 4 nitrogen and oxygen atoms in total. The molecule has 0 spiro atoms. The van der Waals surface area contributed by atoms with Crippen molar-refractivity contribution in [1.29, 1.82) is 0 Å². The van der Waals surface area contributed by atoms with Gasteiger partial charge in [-0.05, 0) is 5.92 Å². The topological polar surface area (TPSA) is 66.8 Å². The lowest BCUT2D eigenvalue weighted by atomic mass is 10.7. The first-order valence-electron chi connectivity index (χ1n) is 2.03. The van der Waals surface area contributed by atoms with Gasteiger partial charge in [0, 0.05) is 4.57 Å². The zero-order valence-electron chi connectivity index (χ0n) is 4.74. The zero-order chi connectivity index (χ0) is 7.49. The van der Waals surface area contributed by atoms with Crippen molar-refractivity contribution in [1.82, 2.24) is 0 Å². The van der Waals surface area contributed by atoms with E-state index >= 15 is 0 Å². The molecule has 2 N–H and O–H groups in total. The van der Waals surface area contributed by atoms with Crippen molar-refractivity contribution in [3.05, 3.63) is 0 Å². The van der Waals surface area contributed by atoms with Crippen LogP contribution >= 0.6 is 8.25 Å². The summed E-state index contributed by atoms with van der Waals surface area (Å²) in [5.74, 6) is 1.82. The summed E-state index contributed by atoms with van der Waals surface area (Å²) in [5.41, 5.74) is -1.80. The van der Waals surface area contributed by atoms with Crippen LogP contribution in [0, 0.1) is 12.3 Å². The second kappa shape index (κ2) is 3.06. The summed E-state index contributed by atoms with van der Waals surface area (Å²) >= 11 is 0. The van der Waals surface area contributed by atoms with Crippen LogP contribution in [-0.2, 0) is 9.09 Å². The molecule has 0 aromatic carbocycles. The minimum atomic E-state index is -2.80. The summed E-state index contributed by atoms with van der Waals surface area (Å²) in [5, 5.41) is 8.75. The maximum absolute atomic E-state index is 9.87. The third-order valence-corrected chi connectivity index (χ3v) is 1.87. The van der Waals surface area contributed by atoms with E-state index in [1.807, 2.05) is 5.92 Å². The number of hydrogen-bond donors (Lipinski definition) is 2. The molecule has 0 bridgehead atoms. The minimum Gasteiger partial charge on any atom is -0.357 e. The highest BCUT2D eigenvalue weighted by Crippen LogP contribution is 2.20. The van der Waals surface area contributed by atoms with Gasteiger partial charge in [0.1, 0.15) is 10.2 Å².